The minimum atomic E-state index is -0.429. The van der Waals surface area contributed by atoms with Gasteiger partial charge in [0.25, 0.3) is 0 Å². The van der Waals surface area contributed by atoms with Gasteiger partial charge < -0.3 is 4.74 Å². The number of carbonyl (C=O) groups is 1. The van der Waals surface area contributed by atoms with Gasteiger partial charge in [0, 0.05) is 6.20 Å². The molecule has 0 aromatic rings. The van der Waals surface area contributed by atoms with Crippen LogP contribution in [0, 0.1) is 0 Å². The third kappa shape index (κ3) is 9.10. The van der Waals surface area contributed by atoms with Crippen molar-refractivity contribution in [3.05, 3.63) is 12.3 Å². The molecule has 0 bridgehead atoms. The maximum absolute atomic E-state index is 11.1. The van der Waals surface area contributed by atoms with Crippen LogP contribution in [0.25, 0.3) is 0 Å². The smallest absolute Gasteiger partial charge is 0.411 e. The lowest BCUT2D eigenvalue weighted by molar-refractivity contribution is 0.0552. The van der Waals surface area contributed by atoms with E-state index in [1.54, 1.807) is 6.20 Å². The minimum absolute atomic E-state index is 0.398. The molecule has 0 rings (SSSR count). The van der Waals surface area contributed by atoms with Crippen molar-refractivity contribution in [2.24, 2.45) is 0 Å². The first-order valence-electron chi connectivity index (χ1n) is 5.10. The van der Waals surface area contributed by atoms with Crippen molar-refractivity contribution in [2.75, 3.05) is 0 Å². The van der Waals surface area contributed by atoms with E-state index in [-0.39, 0.29) is 0 Å². The second-order valence-electron chi connectivity index (χ2n) is 4.19. The molecule has 0 aromatic carbocycles. The highest BCUT2D eigenvalue weighted by Crippen LogP contribution is 2.06. The summed E-state index contributed by atoms with van der Waals surface area (Å²) in [5, 5.41) is 2.56. The molecule has 0 radical (unpaired) electrons. The molecule has 0 saturated carbocycles. The van der Waals surface area contributed by atoms with Crippen molar-refractivity contribution in [1.82, 2.24) is 5.32 Å². The Labute approximate surface area is 86.5 Å². The van der Waals surface area contributed by atoms with Crippen molar-refractivity contribution in [1.29, 1.82) is 0 Å². The molecule has 0 aliphatic carbocycles. The lowest BCUT2D eigenvalue weighted by Gasteiger charge is -2.18. The number of rotatable bonds is 4. The first kappa shape index (κ1) is 13.0. The van der Waals surface area contributed by atoms with E-state index in [0.717, 1.165) is 19.3 Å². The lowest BCUT2D eigenvalue weighted by atomic mass is 10.2. The zero-order valence-corrected chi connectivity index (χ0v) is 9.59. The SMILES string of the molecule is CCCC/C=C/NC(=O)OC(C)(C)C. The van der Waals surface area contributed by atoms with E-state index < -0.39 is 11.7 Å². The molecule has 0 saturated heterocycles. The standard InChI is InChI=1S/C11H21NO2/c1-5-6-7-8-9-12-10(13)14-11(2,3)4/h8-9H,5-7H2,1-4H3,(H,12,13)/b9-8+. The monoisotopic (exact) mass is 199 g/mol. The van der Waals surface area contributed by atoms with Gasteiger partial charge in [0.2, 0.25) is 0 Å². The molecule has 0 aliphatic heterocycles. The molecule has 3 nitrogen and oxygen atoms in total. The van der Waals surface area contributed by atoms with Crippen LogP contribution in [0.4, 0.5) is 4.79 Å². The van der Waals surface area contributed by atoms with E-state index >= 15 is 0 Å². The van der Waals surface area contributed by atoms with E-state index in [1.807, 2.05) is 26.8 Å². The number of carbonyl (C=O) groups excluding carboxylic acids is 1. The summed E-state index contributed by atoms with van der Waals surface area (Å²) in [7, 11) is 0. The average molecular weight is 199 g/mol. The quantitative estimate of drug-likeness (QED) is 0.706. The van der Waals surface area contributed by atoms with Gasteiger partial charge in [0.1, 0.15) is 5.60 Å². The van der Waals surface area contributed by atoms with Crippen LogP contribution in [0.2, 0.25) is 0 Å². The molecular weight excluding hydrogens is 178 g/mol. The fourth-order valence-electron chi connectivity index (χ4n) is 0.840. The van der Waals surface area contributed by atoms with Crippen LogP contribution in [0.15, 0.2) is 12.3 Å². The van der Waals surface area contributed by atoms with Crippen LogP contribution in [0.3, 0.4) is 0 Å². The highest BCUT2D eigenvalue weighted by Gasteiger charge is 2.14. The van der Waals surface area contributed by atoms with Gasteiger partial charge in [-0.1, -0.05) is 25.8 Å². The van der Waals surface area contributed by atoms with Crippen LogP contribution < -0.4 is 5.32 Å². The number of nitrogens with one attached hydrogen (secondary N) is 1. The Morgan fingerprint density at radius 3 is 2.57 bits per heavy atom. The Morgan fingerprint density at radius 1 is 1.43 bits per heavy atom. The summed E-state index contributed by atoms with van der Waals surface area (Å²) in [6.07, 6.45) is 6.48. The van der Waals surface area contributed by atoms with Gasteiger partial charge in [-0.25, -0.2) is 4.79 Å². The highest BCUT2D eigenvalue weighted by atomic mass is 16.6. The van der Waals surface area contributed by atoms with Crippen molar-refractivity contribution >= 4 is 6.09 Å². The normalized spacial score (nSPS) is 11.7. The summed E-state index contributed by atoms with van der Waals surface area (Å²) in [6.45, 7) is 7.66. The maximum Gasteiger partial charge on any atom is 0.411 e. The van der Waals surface area contributed by atoms with Gasteiger partial charge in [0.05, 0.1) is 0 Å². The Kier molecular flexibility index (Phi) is 6.00. The van der Waals surface area contributed by atoms with Gasteiger partial charge in [-0.3, -0.25) is 5.32 Å². The van der Waals surface area contributed by atoms with Crippen LogP contribution in [-0.4, -0.2) is 11.7 Å². The second-order valence-corrected chi connectivity index (χ2v) is 4.19. The number of alkyl carbamates (subject to hydrolysis) is 1. The van der Waals surface area contributed by atoms with Gasteiger partial charge in [-0.05, 0) is 27.2 Å². The zero-order chi connectivity index (χ0) is 11.0. The summed E-state index contributed by atoms with van der Waals surface area (Å²) >= 11 is 0. The van der Waals surface area contributed by atoms with Crippen molar-refractivity contribution in [3.8, 4) is 0 Å². The number of hydrogen-bond acceptors (Lipinski definition) is 2. The second kappa shape index (κ2) is 6.46. The van der Waals surface area contributed by atoms with E-state index in [0.29, 0.717) is 0 Å². The fourth-order valence-corrected chi connectivity index (χ4v) is 0.840. The number of hydrogen-bond donors (Lipinski definition) is 1. The molecule has 0 aromatic heterocycles. The molecular formula is C11H21NO2. The van der Waals surface area contributed by atoms with Gasteiger partial charge in [0.15, 0.2) is 0 Å². The fraction of sp³-hybridized carbons (Fsp3) is 0.727. The largest absolute Gasteiger partial charge is 0.444 e. The van der Waals surface area contributed by atoms with E-state index in [4.69, 9.17) is 4.74 Å². The number of allylic oxidation sites excluding steroid dienone is 1. The van der Waals surface area contributed by atoms with Gasteiger partial charge in [-0.15, -0.1) is 0 Å². The van der Waals surface area contributed by atoms with Crippen molar-refractivity contribution in [3.63, 3.8) is 0 Å². The molecule has 0 atom stereocenters. The van der Waals surface area contributed by atoms with Crippen molar-refractivity contribution < 1.29 is 9.53 Å². The predicted molar refractivity (Wildman–Crippen MR) is 58.0 cm³/mol. The summed E-state index contributed by atoms with van der Waals surface area (Å²) in [5.74, 6) is 0. The van der Waals surface area contributed by atoms with E-state index in [9.17, 15) is 4.79 Å². The van der Waals surface area contributed by atoms with Crippen LogP contribution >= 0.6 is 0 Å². The van der Waals surface area contributed by atoms with Gasteiger partial charge in [-0.2, -0.15) is 0 Å². The summed E-state index contributed by atoms with van der Waals surface area (Å²) in [4.78, 5) is 11.1. The minimum Gasteiger partial charge on any atom is -0.444 e. The van der Waals surface area contributed by atoms with E-state index in [2.05, 4.69) is 12.2 Å². The van der Waals surface area contributed by atoms with Crippen molar-refractivity contribution in [2.45, 2.75) is 52.6 Å². The molecule has 0 spiro atoms. The first-order valence-corrected chi connectivity index (χ1v) is 5.10. The Hall–Kier alpha value is -0.990. The Morgan fingerprint density at radius 2 is 2.07 bits per heavy atom. The van der Waals surface area contributed by atoms with Crippen LogP contribution in [0.1, 0.15) is 47.0 Å². The van der Waals surface area contributed by atoms with Crippen LogP contribution in [0.5, 0.6) is 0 Å². The molecule has 0 fully saturated rings. The molecule has 3 heteroatoms. The van der Waals surface area contributed by atoms with E-state index in [1.165, 1.54) is 0 Å². The maximum atomic E-state index is 11.1. The Bertz CT molecular complexity index is 192. The molecule has 0 unspecified atom stereocenters. The topological polar surface area (TPSA) is 38.3 Å². The molecule has 1 N–H and O–H groups in total. The summed E-state index contributed by atoms with van der Waals surface area (Å²) < 4.78 is 5.04. The highest BCUT2D eigenvalue weighted by molar-refractivity contribution is 5.68. The number of unbranched alkanes of at least 4 members (excludes halogenated alkanes) is 2. The van der Waals surface area contributed by atoms with Gasteiger partial charge >= 0.3 is 6.09 Å². The Balaban J connectivity index is 3.59. The molecule has 0 aliphatic rings. The summed E-state index contributed by atoms with van der Waals surface area (Å²) in [6, 6.07) is 0. The predicted octanol–water partition coefficient (Wildman–Crippen LogP) is 3.22. The van der Waals surface area contributed by atoms with Crippen LogP contribution in [-0.2, 0) is 4.74 Å². The molecule has 1 amide bonds. The molecule has 0 heterocycles. The average Bonchev–Trinajstić information content (AvgIpc) is 2.00. The number of ether oxygens (including phenoxy) is 1. The number of amides is 1. The summed E-state index contributed by atoms with van der Waals surface area (Å²) in [5.41, 5.74) is -0.429. The molecule has 14 heavy (non-hydrogen) atoms. The lowest BCUT2D eigenvalue weighted by Crippen LogP contribution is -2.29. The first-order chi connectivity index (χ1) is 6.45. The molecule has 82 valence electrons. The zero-order valence-electron chi connectivity index (χ0n) is 9.59. The third-order valence-electron chi connectivity index (χ3n) is 1.44. The third-order valence-corrected chi connectivity index (χ3v) is 1.44.